The Morgan fingerprint density at radius 2 is 1.77 bits per heavy atom. The van der Waals surface area contributed by atoms with Gasteiger partial charge >= 0.3 is 0 Å². The molecule has 0 saturated heterocycles. The molecule has 3 aromatic rings. The molecule has 5 heteroatoms. The molecule has 1 amide bonds. The first-order valence-corrected chi connectivity index (χ1v) is 8.14. The fourth-order valence-electron chi connectivity index (χ4n) is 2.40. The smallest absolute Gasteiger partial charge is 0.251 e. The molecular formula is C21H17N3O2. The lowest BCUT2D eigenvalue weighted by Crippen LogP contribution is -2.22. The minimum atomic E-state index is -0.150. The molecule has 0 saturated carbocycles. The number of benzene rings is 2. The summed E-state index contributed by atoms with van der Waals surface area (Å²) in [7, 11) is 0. The number of hydrogen-bond acceptors (Lipinski definition) is 4. The van der Waals surface area contributed by atoms with Gasteiger partial charge in [0.25, 0.3) is 5.91 Å². The number of rotatable bonds is 6. The van der Waals surface area contributed by atoms with Crippen LogP contribution >= 0.6 is 0 Å². The van der Waals surface area contributed by atoms with E-state index in [2.05, 4.69) is 16.4 Å². The van der Waals surface area contributed by atoms with Gasteiger partial charge in [0.05, 0.1) is 11.6 Å². The largest absolute Gasteiger partial charge is 0.489 e. The summed E-state index contributed by atoms with van der Waals surface area (Å²) in [5.74, 6) is 0.492. The lowest BCUT2D eigenvalue weighted by Gasteiger charge is -2.09. The van der Waals surface area contributed by atoms with Gasteiger partial charge in [-0.15, -0.1) is 0 Å². The first-order chi connectivity index (χ1) is 12.8. The number of aromatic nitrogens is 1. The molecule has 128 valence electrons. The third-order valence-electron chi connectivity index (χ3n) is 3.85. The molecule has 0 aliphatic heterocycles. The van der Waals surface area contributed by atoms with Gasteiger partial charge in [0.2, 0.25) is 0 Å². The molecule has 2 aromatic carbocycles. The Balaban J connectivity index is 1.56. The van der Waals surface area contributed by atoms with E-state index in [4.69, 9.17) is 10.00 Å². The van der Waals surface area contributed by atoms with E-state index < -0.39 is 0 Å². The molecular weight excluding hydrogens is 326 g/mol. The summed E-state index contributed by atoms with van der Waals surface area (Å²) in [6.45, 7) is 0.752. The first kappa shape index (κ1) is 17.2. The molecule has 1 heterocycles. The Morgan fingerprint density at radius 1 is 1.04 bits per heavy atom. The van der Waals surface area contributed by atoms with E-state index in [1.165, 1.54) is 0 Å². The zero-order valence-corrected chi connectivity index (χ0v) is 14.1. The highest BCUT2D eigenvalue weighted by atomic mass is 16.5. The Bertz CT molecular complexity index is 916. The first-order valence-electron chi connectivity index (χ1n) is 8.14. The number of carbonyl (C=O) groups excluding carboxylic acids is 1. The van der Waals surface area contributed by atoms with Crippen molar-refractivity contribution in [1.29, 1.82) is 5.26 Å². The third kappa shape index (κ3) is 4.46. The summed E-state index contributed by atoms with van der Waals surface area (Å²) in [5, 5.41) is 12.0. The minimum absolute atomic E-state index is 0.150. The molecule has 0 aliphatic rings. The van der Waals surface area contributed by atoms with Gasteiger partial charge in [0.15, 0.2) is 0 Å². The average molecular weight is 343 g/mol. The average Bonchev–Trinajstić information content (AvgIpc) is 2.72. The quantitative estimate of drug-likeness (QED) is 0.744. The van der Waals surface area contributed by atoms with Crippen molar-refractivity contribution in [2.45, 2.75) is 13.2 Å². The summed E-state index contributed by atoms with van der Waals surface area (Å²) in [4.78, 5) is 16.1. The van der Waals surface area contributed by atoms with Crippen LogP contribution in [0.3, 0.4) is 0 Å². The number of amides is 1. The topological polar surface area (TPSA) is 75.0 Å². The molecule has 0 bridgehead atoms. The van der Waals surface area contributed by atoms with E-state index >= 15 is 0 Å². The Kier molecular flexibility index (Phi) is 5.58. The highest BCUT2D eigenvalue weighted by Crippen LogP contribution is 2.16. The van der Waals surface area contributed by atoms with Gasteiger partial charge in [0, 0.05) is 30.1 Å². The zero-order chi connectivity index (χ0) is 18.2. The molecule has 1 aromatic heterocycles. The number of hydrogen-bond donors (Lipinski definition) is 1. The van der Waals surface area contributed by atoms with Gasteiger partial charge in [-0.25, -0.2) is 0 Å². The van der Waals surface area contributed by atoms with Crippen LogP contribution in [0.1, 0.15) is 27.0 Å². The normalized spacial score (nSPS) is 9.96. The Morgan fingerprint density at radius 3 is 2.50 bits per heavy atom. The van der Waals surface area contributed by atoms with E-state index in [1.54, 1.807) is 42.7 Å². The molecule has 0 atom stereocenters. The van der Waals surface area contributed by atoms with E-state index in [0.29, 0.717) is 30.0 Å². The second kappa shape index (κ2) is 8.45. The number of carbonyl (C=O) groups is 1. The molecule has 0 radical (unpaired) electrons. The van der Waals surface area contributed by atoms with Crippen LogP contribution in [-0.2, 0) is 13.2 Å². The van der Waals surface area contributed by atoms with Gasteiger partial charge in [0.1, 0.15) is 12.4 Å². The summed E-state index contributed by atoms with van der Waals surface area (Å²) >= 11 is 0. The Hall–Kier alpha value is -3.65. The van der Waals surface area contributed by atoms with Crippen LogP contribution in [0.5, 0.6) is 5.75 Å². The Labute approximate surface area is 151 Å². The number of pyridine rings is 1. The molecule has 0 aliphatic carbocycles. The highest BCUT2D eigenvalue weighted by Gasteiger charge is 2.06. The van der Waals surface area contributed by atoms with Crippen LogP contribution in [0.25, 0.3) is 0 Å². The van der Waals surface area contributed by atoms with Crippen molar-refractivity contribution in [2.75, 3.05) is 0 Å². The zero-order valence-electron chi connectivity index (χ0n) is 14.1. The van der Waals surface area contributed by atoms with Gasteiger partial charge in [-0.3, -0.25) is 9.78 Å². The maximum atomic E-state index is 12.2. The van der Waals surface area contributed by atoms with Crippen LogP contribution < -0.4 is 10.1 Å². The highest BCUT2D eigenvalue weighted by molar-refractivity contribution is 5.94. The second-order valence-electron chi connectivity index (χ2n) is 5.62. The van der Waals surface area contributed by atoms with E-state index in [-0.39, 0.29) is 5.91 Å². The van der Waals surface area contributed by atoms with E-state index in [1.807, 2.05) is 30.3 Å². The maximum absolute atomic E-state index is 12.2. The van der Waals surface area contributed by atoms with E-state index in [0.717, 1.165) is 11.1 Å². The molecule has 3 rings (SSSR count). The monoisotopic (exact) mass is 343 g/mol. The fraction of sp³-hybridized carbons (Fsp3) is 0.0952. The third-order valence-corrected chi connectivity index (χ3v) is 3.85. The molecule has 0 fully saturated rings. The summed E-state index contributed by atoms with van der Waals surface area (Å²) in [6, 6.07) is 20.1. The fourth-order valence-corrected chi connectivity index (χ4v) is 2.40. The van der Waals surface area contributed by atoms with Crippen LogP contribution in [0, 0.1) is 11.3 Å². The van der Waals surface area contributed by atoms with Gasteiger partial charge in [-0.1, -0.05) is 18.2 Å². The lowest BCUT2D eigenvalue weighted by atomic mass is 10.1. The number of nitrogens with one attached hydrogen (secondary N) is 1. The van der Waals surface area contributed by atoms with Crippen molar-refractivity contribution in [3.63, 3.8) is 0 Å². The molecule has 26 heavy (non-hydrogen) atoms. The number of nitriles is 1. The summed E-state index contributed by atoms with van der Waals surface area (Å²) in [6.07, 6.45) is 3.39. The van der Waals surface area contributed by atoms with Crippen molar-refractivity contribution >= 4 is 5.91 Å². The van der Waals surface area contributed by atoms with Gasteiger partial charge < -0.3 is 10.1 Å². The minimum Gasteiger partial charge on any atom is -0.489 e. The van der Waals surface area contributed by atoms with Gasteiger partial charge in [-0.2, -0.15) is 5.26 Å². The molecule has 1 N–H and O–H groups in total. The van der Waals surface area contributed by atoms with Gasteiger partial charge in [-0.05, 0) is 48.0 Å². The van der Waals surface area contributed by atoms with E-state index in [9.17, 15) is 4.79 Å². The predicted molar refractivity (Wildman–Crippen MR) is 97.3 cm³/mol. The van der Waals surface area contributed by atoms with Crippen molar-refractivity contribution in [1.82, 2.24) is 10.3 Å². The van der Waals surface area contributed by atoms with Crippen LogP contribution in [-0.4, -0.2) is 10.9 Å². The van der Waals surface area contributed by atoms with Crippen LogP contribution in [0.15, 0.2) is 73.1 Å². The maximum Gasteiger partial charge on any atom is 0.251 e. The van der Waals surface area contributed by atoms with Crippen molar-refractivity contribution in [3.8, 4) is 11.8 Å². The van der Waals surface area contributed by atoms with Crippen molar-refractivity contribution in [3.05, 3.63) is 95.3 Å². The molecule has 0 unspecified atom stereocenters. The summed E-state index contributed by atoms with van der Waals surface area (Å²) < 4.78 is 5.71. The van der Waals surface area contributed by atoms with Crippen molar-refractivity contribution in [2.24, 2.45) is 0 Å². The van der Waals surface area contributed by atoms with Crippen molar-refractivity contribution < 1.29 is 9.53 Å². The number of nitrogens with zero attached hydrogens (tertiary/aromatic N) is 2. The summed E-state index contributed by atoms with van der Waals surface area (Å²) in [5.41, 5.74) is 2.97. The van der Waals surface area contributed by atoms with Crippen LogP contribution in [0.2, 0.25) is 0 Å². The second-order valence-corrected chi connectivity index (χ2v) is 5.62. The standard InChI is InChI=1S/C21H17N3O2/c22-13-18-3-1-2-4-19(18)15-26-20-7-5-17(6-8-20)21(25)24-14-16-9-11-23-12-10-16/h1-12H,14-15H2,(H,24,25). The van der Waals surface area contributed by atoms with Crippen LogP contribution in [0.4, 0.5) is 0 Å². The predicted octanol–water partition coefficient (Wildman–Crippen LogP) is 3.46. The number of ether oxygens (including phenoxy) is 1. The molecule has 0 spiro atoms. The lowest BCUT2D eigenvalue weighted by molar-refractivity contribution is 0.0951. The SMILES string of the molecule is N#Cc1ccccc1COc1ccc(C(=O)NCc2ccncc2)cc1. The molecule has 5 nitrogen and oxygen atoms in total.